The van der Waals surface area contributed by atoms with E-state index in [1.165, 1.54) is 47.3 Å². The summed E-state index contributed by atoms with van der Waals surface area (Å²) in [6.07, 6.45) is 5.93. The third-order valence-corrected chi connectivity index (χ3v) is 3.42. The number of rotatable bonds is 0. The maximum atomic E-state index is 2.38. The van der Waals surface area contributed by atoms with Crippen LogP contribution < -0.4 is 0 Å². The molecular formula is C15H17N. The summed E-state index contributed by atoms with van der Waals surface area (Å²) in [7, 11) is 0. The lowest BCUT2D eigenvalue weighted by Crippen LogP contribution is -1.98. The van der Waals surface area contributed by atoms with Crippen LogP contribution in [0, 0.1) is 13.8 Å². The van der Waals surface area contributed by atoms with Gasteiger partial charge in [0, 0.05) is 17.6 Å². The van der Waals surface area contributed by atoms with Gasteiger partial charge in [-0.25, -0.2) is 0 Å². The first-order valence-electron chi connectivity index (χ1n) is 6.02. The van der Waals surface area contributed by atoms with Crippen LogP contribution in [0.2, 0.25) is 0 Å². The van der Waals surface area contributed by atoms with Crippen LogP contribution in [-0.4, -0.2) is 4.57 Å². The lowest BCUT2D eigenvalue weighted by molar-refractivity contribution is 0.816. The summed E-state index contributed by atoms with van der Waals surface area (Å²) in [6.45, 7) is 4.35. The average Bonchev–Trinajstić information content (AvgIpc) is 2.54. The highest BCUT2D eigenvalue weighted by molar-refractivity contribution is 5.47. The number of hydrogen-bond donors (Lipinski definition) is 0. The van der Waals surface area contributed by atoms with Crippen LogP contribution in [-0.2, 0) is 12.8 Å². The van der Waals surface area contributed by atoms with Gasteiger partial charge in [0.05, 0.1) is 0 Å². The Balaban J connectivity index is 2.27. The SMILES string of the molecule is Cc1ccc2c(c1)-n1cc(C)cc1CCC2. The van der Waals surface area contributed by atoms with Crippen molar-refractivity contribution < 1.29 is 0 Å². The van der Waals surface area contributed by atoms with Gasteiger partial charge >= 0.3 is 0 Å². The molecule has 0 atom stereocenters. The minimum atomic E-state index is 1.20. The molecule has 1 nitrogen and oxygen atoms in total. The summed E-state index contributed by atoms with van der Waals surface area (Å²) >= 11 is 0. The normalized spacial score (nSPS) is 14.1. The van der Waals surface area contributed by atoms with Crippen LogP contribution in [0.25, 0.3) is 5.69 Å². The largest absolute Gasteiger partial charge is 0.320 e. The van der Waals surface area contributed by atoms with E-state index in [0.29, 0.717) is 0 Å². The van der Waals surface area contributed by atoms with Crippen LogP contribution in [0.15, 0.2) is 30.5 Å². The zero-order valence-electron chi connectivity index (χ0n) is 9.96. The molecule has 0 saturated heterocycles. The van der Waals surface area contributed by atoms with Crippen LogP contribution in [0.4, 0.5) is 0 Å². The number of benzene rings is 1. The Labute approximate surface area is 96.7 Å². The highest BCUT2D eigenvalue weighted by Gasteiger charge is 2.13. The minimum absolute atomic E-state index is 1.20. The summed E-state index contributed by atoms with van der Waals surface area (Å²) in [6, 6.07) is 9.14. The standard InChI is InChI=1S/C15H17N/c1-11-6-7-13-4-3-5-14-8-12(2)10-16(14)15(13)9-11/h6-10H,3-5H2,1-2H3. The van der Waals surface area contributed by atoms with E-state index in [1.54, 1.807) is 0 Å². The Hall–Kier alpha value is -1.50. The van der Waals surface area contributed by atoms with E-state index >= 15 is 0 Å². The molecule has 0 amide bonds. The van der Waals surface area contributed by atoms with Crippen molar-refractivity contribution in [3.8, 4) is 5.69 Å². The van der Waals surface area contributed by atoms with Crippen LogP contribution in [0.3, 0.4) is 0 Å². The van der Waals surface area contributed by atoms with Crippen LogP contribution >= 0.6 is 0 Å². The molecule has 2 aromatic rings. The highest BCUT2D eigenvalue weighted by Crippen LogP contribution is 2.26. The second-order valence-electron chi connectivity index (χ2n) is 4.86. The van der Waals surface area contributed by atoms with E-state index in [0.717, 1.165) is 0 Å². The third kappa shape index (κ3) is 1.47. The molecule has 1 aliphatic heterocycles. The zero-order chi connectivity index (χ0) is 11.1. The molecule has 16 heavy (non-hydrogen) atoms. The molecule has 1 aliphatic rings. The van der Waals surface area contributed by atoms with Crippen molar-refractivity contribution in [1.82, 2.24) is 4.57 Å². The molecular weight excluding hydrogens is 194 g/mol. The second kappa shape index (κ2) is 3.51. The van der Waals surface area contributed by atoms with E-state index < -0.39 is 0 Å². The Morgan fingerprint density at radius 1 is 1.00 bits per heavy atom. The fraction of sp³-hybridized carbons (Fsp3) is 0.333. The quantitative estimate of drug-likeness (QED) is 0.627. The van der Waals surface area contributed by atoms with Gasteiger partial charge in [-0.2, -0.15) is 0 Å². The van der Waals surface area contributed by atoms with E-state index in [4.69, 9.17) is 0 Å². The molecule has 0 fully saturated rings. The van der Waals surface area contributed by atoms with Crippen molar-refractivity contribution in [2.75, 3.05) is 0 Å². The maximum absolute atomic E-state index is 2.38. The zero-order valence-corrected chi connectivity index (χ0v) is 9.96. The van der Waals surface area contributed by atoms with E-state index in [2.05, 4.69) is 48.9 Å². The summed E-state index contributed by atoms with van der Waals surface area (Å²) in [5.41, 5.74) is 7.05. The highest BCUT2D eigenvalue weighted by atomic mass is 15.0. The monoisotopic (exact) mass is 211 g/mol. The van der Waals surface area contributed by atoms with Crippen molar-refractivity contribution in [2.24, 2.45) is 0 Å². The number of aromatic nitrogens is 1. The summed E-state index contributed by atoms with van der Waals surface area (Å²) in [5.74, 6) is 0. The van der Waals surface area contributed by atoms with E-state index in [1.807, 2.05) is 0 Å². The molecule has 0 radical (unpaired) electrons. The number of hydrogen-bond acceptors (Lipinski definition) is 0. The molecule has 2 heterocycles. The molecule has 0 spiro atoms. The second-order valence-corrected chi connectivity index (χ2v) is 4.86. The first-order valence-corrected chi connectivity index (χ1v) is 6.02. The van der Waals surface area contributed by atoms with Crippen LogP contribution in [0.1, 0.15) is 28.8 Å². The average molecular weight is 211 g/mol. The molecule has 0 N–H and O–H groups in total. The van der Waals surface area contributed by atoms with Crippen molar-refractivity contribution >= 4 is 0 Å². The van der Waals surface area contributed by atoms with Gasteiger partial charge in [-0.3, -0.25) is 0 Å². The Morgan fingerprint density at radius 2 is 1.88 bits per heavy atom. The lowest BCUT2D eigenvalue weighted by atomic mass is 10.1. The van der Waals surface area contributed by atoms with Gasteiger partial charge in [0.1, 0.15) is 0 Å². The summed E-state index contributed by atoms with van der Waals surface area (Å²) in [5, 5.41) is 0. The maximum Gasteiger partial charge on any atom is 0.0486 e. The first kappa shape index (κ1) is 9.71. The Morgan fingerprint density at radius 3 is 2.75 bits per heavy atom. The molecule has 3 rings (SSSR count). The van der Waals surface area contributed by atoms with Crippen LogP contribution in [0.5, 0.6) is 0 Å². The molecule has 0 unspecified atom stereocenters. The van der Waals surface area contributed by atoms with Gasteiger partial charge in [0.15, 0.2) is 0 Å². The lowest BCUT2D eigenvalue weighted by Gasteiger charge is -2.10. The molecule has 0 saturated carbocycles. The Kier molecular flexibility index (Phi) is 2.13. The predicted molar refractivity (Wildman–Crippen MR) is 67.3 cm³/mol. The fourth-order valence-corrected chi connectivity index (χ4v) is 2.64. The van der Waals surface area contributed by atoms with Crippen molar-refractivity contribution in [2.45, 2.75) is 33.1 Å². The van der Waals surface area contributed by atoms with Crippen molar-refractivity contribution in [3.05, 3.63) is 52.8 Å². The van der Waals surface area contributed by atoms with Gasteiger partial charge in [0.2, 0.25) is 0 Å². The van der Waals surface area contributed by atoms with Gasteiger partial charge in [-0.15, -0.1) is 0 Å². The number of fused-ring (bicyclic) bond motifs is 3. The number of nitrogens with zero attached hydrogens (tertiary/aromatic N) is 1. The summed E-state index contributed by atoms with van der Waals surface area (Å²) < 4.78 is 2.38. The minimum Gasteiger partial charge on any atom is -0.320 e. The van der Waals surface area contributed by atoms with Crippen molar-refractivity contribution in [3.63, 3.8) is 0 Å². The van der Waals surface area contributed by atoms with Gasteiger partial charge in [-0.05, 0) is 61.9 Å². The molecule has 0 aliphatic carbocycles. The Bertz CT molecular complexity index is 534. The number of aryl methyl sites for hydroxylation is 4. The fourth-order valence-electron chi connectivity index (χ4n) is 2.64. The molecule has 82 valence electrons. The molecule has 0 bridgehead atoms. The molecule has 1 heteroatoms. The smallest absolute Gasteiger partial charge is 0.0486 e. The van der Waals surface area contributed by atoms with E-state index in [9.17, 15) is 0 Å². The molecule has 1 aromatic heterocycles. The van der Waals surface area contributed by atoms with Gasteiger partial charge in [-0.1, -0.05) is 12.1 Å². The first-order chi connectivity index (χ1) is 7.74. The van der Waals surface area contributed by atoms with Crippen molar-refractivity contribution in [1.29, 1.82) is 0 Å². The van der Waals surface area contributed by atoms with Gasteiger partial charge < -0.3 is 4.57 Å². The molecule has 1 aromatic carbocycles. The third-order valence-electron chi connectivity index (χ3n) is 3.42. The van der Waals surface area contributed by atoms with Gasteiger partial charge in [0.25, 0.3) is 0 Å². The topological polar surface area (TPSA) is 4.93 Å². The van der Waals surface area contributed by atoms with E-state index in [-0.39, 0.29) is 0 Å². The predicted octanol–water partition coefficient (Wildman–Crippen LogP) is 3.58. The summed E-state index contributed by atoms with van der Waals surface area (Å²) in [4.78, 5) is 0.